The van der Waals surface area contributed by atoms with Crippen LogP contribution in [-0.4, -0.2) is 70.4 Å². The summed E-state index contributed by atoms with van der Waals surface area (Å²) in [5.74, 6) is 1.81. The Morgan fingerprint density at radius 2 is 1.22 bits per heavy atom. The van der Waals surface area contributed by atoms with Gasteiger partial charge in [-0.05, 0) is 0 Å². The van der Waals surface area contributed by atoms with E-state index >= 15 is 0 Å². The summed E-state index contributed by atoms with van der Waals surface area (Å²) in [5, 5.41) is 7.82. The van der Waals surface area contributed by atoms with Crippen molar-refractivity contribution in [3.05, 3.63) is 4.98 Å². The molecule has 0 aliphatic heterocycles. The van der Waals surface area contributed by atoms with Gasteiger partial charge in [0.15, 0.2) is 18.1 Å². The molecule has 124 valence electrons. The van der Waals surface area contributed by atoms with E-state index in [-0.39, 0.29) is 18.9 Å². The largest absolute Gasteiger partial charge is 1.00 e. The van der Waals surface area contributed by atoms with Crippen molar-refractivity contribution < 1.29 is 18.9 Å². The first-order valence-corrected chi connectivity index (χ1v) is 10.3. The molecular weight excluding hydrogens is 303 g/mol. The zero-order chi connectivity index (χ0) is 17.5. The summed E-state index contributed by atoms with van der Waals surface area (Å²) in [6.45, 7) is 6.46. The number of nitriles is 1. The van der Waals surface area contributed by atoms with E-state index in [4.69, 9.17) is 5.26 Å². The van der Waals surface area contributed by atoms with E-state index in [0.717, 1.165) is 0 Å². The molecule has 0 aromatic carbocycles. The smallest absolute Gasteiger partial charge is 0.411 e. The molecular formula is C13H27LiN8Si. The van der Waals surface area contributed by atoms with Crippen LogP contribution in [0.1, 0.15) is 0 Å². The quantitative estimate of drug-likeness (QED) is 0.392. The molecule has 0 N–H and O–H groups in total. The van der Waals surface area contributed by atoms with Gasteiger partial charge in [-0.15, -0.1) is 0 Å². The Bertz CT molecular complexity index is 481. The minimum absolute atomic E-state index is 0. The van der Waals surface area contributed by atoms with Crippen LogP contribution in [0.3, 0.4) is 0 Å². The summed E-state index contributed by atoms with van der Waals surface area (Å²) in [5.41, 5.74) is 0. The van der Waals surface area contributed by atoms with E-state index in [0.29, 0.717) is 17.8 Å². The molecule has 0 saturated heterocycles. The van der Waals surface area contributed by atoms with Gasteiger partial charge in [0.05, 0.1) is 8.24 Å². The second-order valence-electron chi connectivity index (χ2n) is 6.30. The van der Waals surface area contributed by atoms with Crippen LogP contribution in [0.2, 0.25) is 19.6 Å². The maximum absolute atomic E-state index is 7.82. The predicted octanol–water partition coefficient (Wildman–Crippen LogP) is -1.12. The first-order chi connectivity index (χ1) is 9.96. The van der Waals surface area contributed by atoms with Crippen molar-refractivity contribution in [2.24, 2.45) is 0 Å². The SMILES string of the molecule is CN(C)C#N.CN(C)c1nc([N-][Si](C)(C)C)nc(N(C)C)n1.[Li+]. The fraction of sp³-hybridized carbons (Fsp3) is 0.692. The standard InChI is InChI=1S/C10H21N6Si.C3H6N2.Li/c1-15(2)9-11-8(14-17(5,6)7)12-10(13-9)16(3)4;1-5(2)3-4;/h1-7H3;1-2H3;/q-1;;+1. The predicted molar refractivity (Wildman–Crippen MR) is 94.1 cm³/mol. The van der Waals surface area contributed by atoms with E-state index in [1.165, 1.54) is 4.90 Å². The van der Waals surface area contributed by atoms with Crippen LogP contribution in [0.5, 0.6) is 0 Å². The van der Waals surface area contributed by atoms with E-state index in [2.05, 4.69) is 39.6 Å². The third-order valence-corrected chi connectivity index (χ3v) is 2.91. The number of hydrogen-bond acceptors (Lipinski definition) is 7. The van der Waals surface area contributed by atoms with Crippen LogP contribution in [0.4, 0.5) is 17.8 Å². The molecule has 0 aliphatic carbocycles. The molecule has 23 heavy (non-hydrogen) atoms. The Hall–Kier alpha value is -1.49. The molecule has 0 atom stereocenters. The zero-order valence-electron chi connectivity index (χ0n) is 16.1. The molecule has 1 aromatic heterocycles. The van der Waals surface area contributed by atoms with Crippen molar-refractivity contribution in [1.29, 1.82) is 5.26 Å². The summed E-state index contributed by atoms with van der Waals surface area (Å²) in [7, 11) is 9.45. The fourth-order valence-electron chi connectivity index (χ4n) is 1.09. The fourth-order valence-corrected chi connectivity index (χ4v) is 1.79. The molecule has 0 radical (unpaired) electrons. The van der Waals surface area contributed by atoms with Crippen molar-refractivity contribution in [1.82, 2.24) is 19.9 Å². The maximum Gasteiger partial charge on any atom is 1.00 e. The minimum atomic E-state index is -1.58. The molecule has 8 nitrogen and oxygen atoms in total. The number of aromatic nitrogens is 3. The summed E-state index contributed by atoms with van der Waals surface area (Å²) in [4.78, 5) is 22.8. The molecule has 0 saturated carbocycles. The maximum atomic E-state index is 7.82. The summed E-state index contributed by atoms with van der Waals surface area (Å²) in [6.07, 6.45) is 1.86. The van der Waals surface area contributed by atoms with Gasteiger partial charge in [-0.3, -0.25) is 0 Å². The van der Waals surface area contributed by atoms with Crippen molar-refractivity contribution >= 4 is 26.1 Å². The first-order valence-electron chi connectivity index (χ1n) is 6.87. The number of anilines is 2. The van der Waals surface area contributed by atoms with Gasteiger partial charge in [0.25, 0.3) is 0 Å². The molecule has 0 aliphatic rings. The van der Waals surface area contributed by atoms with Gasteiger partial charge in [-0.2, -0.15) is 5.26 Å². The third-order valence-electron chi connectivity index (χ3n) is 2.04. The van der Waals surface area contributed by atoms with Crippen LogP contribution < -0.4 is 28.7 Å². The minimum Gasteiger partial charge on any atom is -0.411 e. The van der Waals surface area contributed by atoms with Gasteiger partial charge >= 0.3 is 18.9 Å². The molecule has 1 heterocycles. The van der Waals surface area contributed by atoms with Crippen molar-refractivity contribution in [2.75, 3.05) is 52.1 Å². The van der Waals surface area contributed by atoms with Crippen LogP contribution in [0, 0.1) is 11.5 Å². The van der Waals surface area contributed by atoms with Gasteiger partial charge in [-0.25, -0.2) is 4.98 Å². The van der Waals surface area contributed by atoms with Crippen LogP contribution in [-0.2, 0) is 0 Å². The van der Waals surface area contributed by atoms with Gasteiger partial charge in [0, 0.05) is 48.2 Å². The number of nitrogens with zero attached hydrogens (tertiary/aromatic N) is 8. The van der Waals surface area contributed by atoms with Gasteiger partial charge < -0.3 is 29.7 Å². The van der Waals surface area contributed by atoms with E-state index in [1.54, 1.807) is 14.1 Å². The van der Waals surface area contributed by atoms with Gasteiger partial charge in [0.1, 0.15) is 0 Å². The Morgan fingerprint density at radius 1 is 0.870 bits per heavy atom. The second-order valence-corrected chi connectivity index (χ2v) is 10.9. The monoisotopic (exact) mass is 330 g/mol. The van der Waals surface area contributed by atoms with Crippen molar-refractivity contribution in [3.63, 3.8) is 0 Å². The summed E-state index contributed by atoms with van der Waals surface area (Å²) in [6, 6.07) is 0. The molecule has 0 spiro atoms. The Labute approximate surface area is 153 Å². The Balaban J connectivity index is 0. The van der Waals surface area contributed by atoms with E-state index in [1.807, 2.05) is 44.2 Å². The molecule has 0 amide bonds. The Morgan fingerprint density at radius 3 is 1.43 bits per heavy atom. The van der Waals surface area contributed by atoms with Gasteiger partial charge in [0.2, 0.25) is 0 Å². The average molecular weight is 330 g/mol. The Kier molecular flexibility index (Phi) is 10.7. The van der Waals surface area contributed by atoms with Crippen LogP contribution >= 0.6 is 0 Å². The van der Waals surface area contributed by atoms with Gasteiger partial charge in [-0.1, -0.05) is 19.6 Å². The molecule has 0 bridgehead atoms. The molecule has 10 heteroatoms. The molecule has 0 fully saturated rings. The topological polar surface area (TPSA) is 86.3 Å². The van der Waals surface area contributed by atoms with E-state index in [9.17, 15) is 0 Å². The number of hydrogen-bond donors (Lipinski definition) is 0. The van der Waals surface area contributed by atoms with Crippen molar-refractivity contribution in [3.8, 4) is 6.19 Å². The van der Waals surface area contributed by atoms with Crippen molar-refractivity contribution in [2.45, 2.75) is 19.6 Å². The molecule has 1 rings (SSSR count). The second kappa shape index (κ2) is 10.3. The molecule has 1 aromatic rings. The van der Waals surface area contributed by atoms with Crippen LogP contribution in [0.15, 0.2) is 0 Å². The summed E-state index contributed by atoms with van der Waals surface area (Å²) < 4.78 is 0. The third kappa shape index (κ3) is 10.8. The van der Waals surface area contributed by atoms with E-state index < -0.39 is 8.24 Å². The summed E-state index contributed by atoms with van der Waals surface area (Å²) >= 11 is 0. The average Bonchev–Trinajstić information content (AvgIpc) is 2.36. The zero-order valence-corrected chi connectivity index (χ0v) is 17.1. The van der Waals surface area contributed by atoms with Crippen LogP contribution in [0.25, 0.3) is 4.98 Å². The number of rotatable bonds is 4. The molecule has 0 unspecified atom stereocenters. The first kappa shape index (κ1) is 23.8. The normalized spacial score (nSPS) is 9.57.